The quantitative estimate of drug-likeness (QED) is 0.0380. The van der Waals surface area contributed by atoms with Crippen LogP contribution >= 0.6 is 15.9 Å². The number of aliphatic hydroxyl groups excluding tert-OH is 1. The smallest absolute Gasteiger partial charge is 0.266 e. The largest absolute Gasteiger partial charge is 0.494 e. The first-order valence-corrected chi connectivity index (χ1v) is 16.3. The first kappa shape index (κ1) is 32.7. The van der Waals surface area contributed by atoms with E-state index in [1.165, 1.54) is 0 Å². The molecule has 48 heavy (non-hydrogen) atoms. The number of nitrogens with zero attached hydrogens (tertiary/aromatic N) is 4. The summed E-state index contributed by atoms with van der Waals surface area (Å²) in [5.74, 6) is 0.483. The average Bonchev–Trinajstić information content (AvgIpc) is 3.50. The van der Waals surface area contributed by atoms with Crippen molar-refractivity contribution in [2.45, 2.75) is 31.0 Å². The second-order valence-electron chi connectivity index (χ2n) is 11.3. The molecule has 10 nitrogen and oxygen atoms in total. The van der Waals surface area contributed by atoms with Gasteiger partial charge in [0, 0.05) is 52.2 Å². The van der Waals surface area contributed by atoms with Crippen molar-refractivity contribution in [3.05, 3.63) is 152 Å². The lowest BCUT2D eigenvalue weighted by atomic mass is 9.81. The Hall–Kier alpha value is -5.19. The number of ether oxygens (including phenoxy) is 2. The molecule has 11 heteroatoms. The first-order valence-electron chi connectivity index (χ1n) is 15.5. The van der Waals surface area contributed by atoms with E-state index in [0.717, 1.165) is 26.4 Å². The van der Waals surface area contributed by atoms with E-state index in [9.17, 15) is 10.3 Å². The predicted octanol–water partition coefficient (Wildman–Crippen LogP) is 7.63. The molecule has 0 unspecified atom stereocenters. The maximum Gasteiger partial charge on any atom is 0.266 e. The van der Waals surface area contributed by atoms with Crippen LogP contribution in [0.15, 0.2) is 130 Å². The molecular weight excluding hydrogens is 672 g/mol. The van der Waals surface area contributed by atoms with Crippen LogP contribution in [0, 0.1) is 0 Å². The molecule has 0 saturated heterocycles. The van der Waals surface area contributed by atoms with Crippen molar-refractivity contribution >= 4 is 44.2 Å². The molecule has 0 radical (unpaired) electrons. The lowest BCUT2D eigenvalue weighted by Crippen LogP contribution is -2.53. The molecule has 6 rings (SSSR count). The van der Waals surface area contributed by atoms with Gasteiger partial charge in [-0.05, 0) is 63.8 Å². The summed E-state index contributed by atoms with van der Waals surface area (Å²) in [7, 11) is 0. The molecular formula is C37H33BrN6O4. The summed E-state index contributed by atoms with van der Waals surface area (Å²) in [5.41, 5.74) is 17.4. The number of hydrazine groups is 1. The number of hydrogen-bond donors (Lipinski definition) is 3. The molecule has 0 spiro atoms. The van der Waals surface area contributed by atoms with E-state index in [0.29, 0.717) is 42.1 Å². The van der Waals surface area contributed by atoms with Gasteiger partial charge in [-0.1, -0.05) is 99.9 Å². The van der Waals surface area contributed by atoms with E-state index in [2.05, 4.69) is 55.0 Å². The number of fused-ring (bicyclic) bond motifs is 1. The highest BCUT2D eigenvalue weighted by Gasteiger charge is 2.54. The zero-order chi connectivity index (χ0) is 33.3. The summed E-state index contributed by atoms with van der Waals surface area (Å²) < 4.78 is 13.2. The number of nitrogens with one attached hydrogen (secondary N) is 2. The number of azide groups is 1. The molecule has 0 aromatic heterocycles. The van der Waals surface area contributed by atoms with Crippen LogP contribution in [0.4, 0.5) is 5.69 Å². The monoisotopic (exact) mass is 704 g/mol. The van der Waals surface area contributed by atoms with Gasteiger partial charge in [-0.25, -0.2) is 10.4 Å². The molecule has 1 aliphatic heterocycles. The second-order valence-corrected chi connectivity index (χ2v) is 12.2. The lowest BCUT2D eigenvalue weighted by molar-refractivity contribution is -0.130. The fourth-order valence-corrected chi connectivity index (χ4v) is 6.06. The zero-order valence-electron chi connectivity index (χ0n) is 25.9. The zero-order valence-corrected chi connectivity index (χ0v) is 27.5. The van der Waals surface area contributed by atoms with Crippen molar-refractivity contribution in [2.75, 3.05) is 13.2 Å². The highest BCUT2D eigenvalue weighted by Crippen LogP contribution is 2.45. The predicted molar refractivity (Wildman–Crippen MR) is 189 cm³/mol. The minimum atomic E-state index is -1.51. The Bertz CT molecular complexity index is 1970. The Morgan fingerprint density at radius 3 is 2.52 bits per heavy atom. The number of amides is 1. The molecule has 1 aliphatic rings. The van der Waals surface area contributed by atoms with Gasteiger partial charge in [0.2, 0.25) is 5.90 Å². The third kappa shape index (κ3) is 7.20. The SMILES string of the molecule is [N-]=[N+]=Nc1ccccc1[C@@H]1OC(c2ccc(OCCCO)cc2)=N[C@]1(Cc1ccc(Br)cc1)C(=O)NNCc1cccc2ccccc12. The molecule has 1 heterocycles. The molecule has 0 aliphatic carbocycles. The minimum Gasteiger partial charge on any atom is -0.494 e. The van der Waals surface area contributed by atoms with Gasteiger partial charge >= 0.3 is 0 Å². The van der Waals surface area contributed by atoms with Crippen molar-refractivity contribution in [1.82, 2.24) is 10.9 Å². The normalized spacial score (nSPS) is 16.9. The van der Waals surface area contributed by atoms with E-state index >= 15 is 0 Å². The summed E-state index contributed by atoms with van der Waals surface area (Å²) >= 11 is 3.50. The molecule has 242 valence electrons. The number of aliphatic hydroxyl groups is 1. The number of carbonyl (C=O) groups is 1. The molecule has 0 fully saturated rings. The first-order chi connectivity index (χ1) is 23.5. The Morgan fingerprint density at radius 1 is 0.979 bits per heavy atom. The van der Waals surface area contributed by atoms with Crippen LogP contribution in [0.2, 0.25) is 0 Å². The molecule has 3 N–H and O–H groups in total. The van der Waals surface area contributed by atoms with Crippen molar-refractivity contribution in [3.8, 4) is 5.75 Å². The van der Waals surface area contributed by atoms with Crippen molar-refractivity contribution in [2.24, 2.45) is 10.1 Å². The van der Waals surface area contributed by atoms with Gasteiger partial charge in [0.15, 0.2) is 11.6 Å². The van der Waals surface area contributed by atoms with E-state index in [4.69, 9.17) is 19.6 Å². The number of halogens is 1. The van der Waals surface area contributed by atoms with E-state index in [1.54, 1.807) is 30.3 Å². The molecule has 0 saturated carbocycles. The molecule has 5 aromatic carbocycles. The van der Waals surface area contributed by atoms with E-state index in [1.807, 2.05) is 66.7 Å². The Kier molecular flexibility index (Phi) is 10.3. The fraction of sp³-hybridized carbons (Fsp3) is 0.189. The number of aliphatic imine (C=N–C) groups is 1. The number of benzene rings is 5. The van der Waals surface area contributed by atoms with Crippen molar-refractivity contribution in [1.29, 1.82) is 0 Å². The lowest BCUT2D eigenvalue weighted by Gasteiger charge is -2.31. The summed E-state index contributed by atoms with van der Waals surface area (Å²) in [6.07, 6.45) is -0.243. The summed E-state index contributed by atoms with van der Waals surface area (Å²) in [5, 5.41) is 15.2. The van der Waals surface area contributed by atoms with Gasteiger partial charge in [-0.15, -0.1) is 0 Å². The molecule has 2 atom stereocenters. The summed E-state index contributed by atoms with van der Waals surface area (Å²) in [4.78, 5) is 22.7. The Morgan fingerprint density at radius 2 is 1.73 bits per heavy atom. The van der Waals surface area contributed by atoms with Gasteiger partial charge in [0.05, 0.1) is 6.61 Å². The molecule has 5 aromatic rings. The summed E-state index contributed by atoms with van der Waals surface area (Å²) in [6, 6.07) is 36.1. The highest BCUT2D eigenvalue weighted by molar-refractivity contribution is 9.10. The fourth-order valence-electron chi connectivity index (χ4n) is 5.80. The Balaban J connectivity index is 1.39. The minimum absolute atomic E-state index is 0.0424. The number of carbonyl (C=O) groups excluding carboxylic acids is 1. The van der Waals surface area contributed by atoms with Crippen molar-refractivity contribution in [3.63, 3.8) is 0 Å². The van der Waals surface area contributed by atoms with E-state index < -0.39 is 17.6 Å². The van der Waals surface area contributed by atoms with Crippen LogP contribution in [0.5, 0.6) is 5.75 Å². The van der Waals surface area contributed by atoms with Gasteiger partial charge in [-0.3, -0.25) is 10.2 Å². The van der Waals surface area contributed by atoms with Gasteiger partial charge in [0.1, 0.15) is 5.75 Å². The van der Waals surface area contributed by atoms with Crippen LogP contribution in [-0.2, 0) is 22.5 Å². The third-order valence-electron chi connectivity index (χ3n) is 8.15. The van der Waals surface area contributed by atoms with Crippen LogP contribution in [0.3, 0.4) is 0 Å². The third-order valence-corrected chi connectivity index (χ3v) is 8.68. The van der Waals surface area contributed by atoms with Crippen LogP contribution in [-0.4, -0.2) is 35.7 Å². The van der Waals surface area contributed by atoms with Crippen molar-refractivity contribution < 1.29 is 19.4 Å². The number of hydrogen-bond acceptors (Lipinski definition) is 7. The van der Waals surface area contributed by atoms with Gasteiger partial charge in [-0.2, -0.15) is 0 Å². The van der Waals surface area contributed by atoms with Gasteiger partial charge in [0.25, 0.3) is 5.91 Å². The second kappa shape index (κ2) is 15.1. The summed E-state index contributed by atoms with van der Waals surface area (Å²) in [6.45, 7) is 0.797. The maximum atomic E-state index is 14.6. The standard InChI is InChI=1S/C37H33BrN6O4/c38-29-17-13-25(14-18-29)23-37(36(46)43-40-24-28-9-5-8-26-7-1-2-10-31(26)28)34(32-11-3-4-12-33(32)42-44-39)48-35(41-37)27-15-19-30(20-16-27)47-22-6-21-45/h1-5,7-20,34,40,45H,6,21-24H2,(H,43,46)/t34-,37-/m0/s1. The average molecular weight is 706 g/mol. The highest BCUT2D eigenvalue weighted by atomic mass is 79.9. The van der Waals surface area contributed by atoms with E-state index in [-0.39, 0.29) is 18.9 Å². The molecule has 0 bridgehead atoms. The molecule has 1 amide bonds. The van der Waals surface area contributed by atoms with Gasteiger partial charge < -0.3 is 14.6 Å². The number of rotatable bonds is 13. The van der Waals surface area contributed by atoms with Crippen LogP contribution in [0.25, 0.3) is 21.2 Å². The Labute approximate surface area is 286 Å². The topological polar surface area (TPSA) is 141 Å². The van der Waals surface area contributed by atoms with Crippen LogP contribution < -0.4 is 15.6 Å². The van der Waals surface area contributed by atoms with Crippen LogP contribution in [0.1, 0.15) is 34.8 Å². The maximum absolute atomic E-state index is 14.6.